The van der Waals surface area contributed by atoms with Crippen molar-refractivity contribution in [3.05, 3.63) is 46.3 Å². The number of halogens is 1. The number of hydrogen-bond acceptors (Lipinski definition) is 2. The molecule has 1 rings (SSSR count). The summed E-state index contributed by atoms with van der Waals surface area (Å²) in [5.41, 5.74) is 9.49. The highest BCUT2D eigenvalue weighted by molar-refractivity contribution is 6.66. The van der Waals surface area contributed by atoms with E-state index in [1.165, 1.54) is 6.08 Å². The van der Waals surface area contributed by atoms with Gasteiger partial charge in [-0.2, -0.15) is 0 Å². The Hall–Kier alpha value is -1.77. The summed E-state index contributed by atoms with van der Waals surface area (Å²) in [6.45, 7) is 0. The molecule has 0 atom stereocenters. The summed E-state index contributed by atoms with van der Waals surface area (Å²) in [5.74, 6) is 0. The fraction of sp³-hybridized carbons (Fsp3) is 0. The van der Waals surface area contributed by atoms with Crippen LogP contribution in [0.25, 0.3) is 16.5 Å². The Kier molecular flexibility index (Phi) is 3.73. The Morgan fingerprint density at radius 1 is 1.43 bits per heavy atom. The molecule has 14 heavy (non-hydrogen) atoms. The Morgan fingerprint density at radius 3 is 2.57 bits per heavy atom. The van der Waals surface area contributed by atoms with E-state index in [1.807, 2.05) is 0 Å². The highest BCUT2D eigenvalue weighted by Gasteiger charge is 1.90. The van der Waals surface area contributed by atoms with Crippen molar-refractivity contribution < 1.29 is 4.79 Å². The third-order valence-corrected chi connectivity index (χ3v) is 1.59. The van der Waals surface area contributed by atoms with Crippen LogP contribution in [0.4, 0.5) is 5.69 Å². The molecule has 0 aliphatic carbocycles. The van der Waals surface area contributed by atoms with Crippen LogP contribution in [0.2, 0.25) is 0 Å². The van der Waals surface area contributed by atoms with E-state index in [0.29, 0.717) is 5.69 Å². The third-order valence-electron chi connectivity index (χ3n) is 1.46. The van der Waals surface area contributed by atoms with Crippen molar-refractivity contribution in [2.75, 3.05) is 0 Å². The van der Waals surface area contributed by atoms with Crippen LogP contribution in [0.1, 0.15) is 5.56 Å². The van der Waals surface area contributed by atoms with Crippen LogP contribution in [0, 0.1) is 0 Å². The van der Waals surface area contributed by atoms with E-state index < -0.39 is 5.24 Å². The molecule has 5 heteroatoms. The van der Waals surface area contributed by atoms with Gasteiger partial charge in [0.25, 0.3) is 0 Å². The summed E-state index contributed by atoms with van der Waals surface area (Å²) in [5, 5.41) is 2.88. The molecule has 4 nitrogen and oxygen atoms in total. The molecular formula is C9H6ClN3O. The molecule has 0 aliphatic rings. The molecule has 0 saturated heterocycles. The zero-order valence-corrected chi connectivity index (χ0v) is 7.85. The van der Waals surface area contributed by atoms with Crippen LogP contribution >= 0.6 is 11.6 Å². The van der Waals surface area contributed by atoms with E-state index in [1.54, 1.807) is 30.3 Å². The number of benzene rings is 1. The highest BCUT2D eigenvalue weighted by Crippen LogP contribution is 2.13. The van der Waals surface area contributed by atoms with Crippen molar-refractivity contribution in [1.82, 2.24) is 0 Å². The Labute approximate surface area is 85.4 Å². The average molecular weight is 208 g/mol. The standard InChI is InChI=1S/C9H6ClN3O/c10-9(14)6-3-7-1-4-8(5-2-7)12-13-11/h1-6H/b6-3+. The van der Waals surface area contributed by atoms with E-state index in [-0.39, 0.29) is 0 Å². The second-order valence-corrected chi connectivity index (χ2v) is 2.79. The van der Waals surface area contributed by atoms with Gasteiger partial charge >= 0.3 is 0 Å². The van der Waals surface area contributed by atoms with Gasteiger partial charge in [0.15, 0.2) is 0 Å². The number of carbonyl (C=O) groups is 1. The van der Waals surface area contributed by atoms with E-state index in [2.05, 4.69) is 10.0 Å². The largest absolute Gasteiger partial charge is 0.276 e. The fourth-order valence-corrected chi connectivity index (χ4v) is 0.928. The molecule has 0 aromatic heterocycles. The Bertz CT molecular complexity index is 405. The number of hydrogen-bond donors (Lipinski definition) is 0. The topological polar surface area (TPSA) is 65.8 Å². The Morgan fingerprint density at radius 2 is 2.07 bits per heavy atom. The first-order chi connectivity index (χ1) is 6.72. The van der Waals surface area contributed by atoms with Gasteiger partial charge in [0.2, 0.25) is 5.24 Å². The van der Waals surface area contributed by atoms with Crippen LogP contribution in [0.15, 0.2) is 35.5 Å². The minimum atomic E-state index is -0.524. The lowest BCUT2D eigenvalue weighted by atomic mass is 10.2. The van der Waals surface area contributed by atoms with Gasteiger partial charge in [0, 0.05) is 10.6 Å². The minimum Gasteiger partial charge on any atom is -0.276 e. The molecular weight excluding hydrogens is 202 g/mol. The van der Waals surface area contributed by atoms with Crippen molar-refractivity contribution in [3.8, 4) is 0 Å². The molecule has 0 saturated carbocycles. The summed E-state index contributed by atoms with van der Waals surface area (Å²) >= 11 is 5.12. The minimum absolute atomic E-state index is 0.524. The maximum Gasteiger partial charge on any atom is 0.245 e. The zero-order valence-electron chi connectivity index (χ0n) is 7.09. The van der Waals surface area contributed by atoms with Gasteiger partial charge in [-0.15, -0.1) is 0 Å². The number of allylic oxidation sites excluding steroid dienone is 1. The Balaban J connectivity index is 2.83. The summed E-state index contributed by atoms with van der Waals surface area (Å²) in [7, 11) is 0. The van der Waals surface area contributed by atoms with E-state index in [9.17, 15) is 4.79 Å². The van der Waals surface area contributed by atoms with E-state index in [0.717, 1.165) is 5.56 Å². The zero-order chi connectivity index (χ0) is 10.4. The first kappa shape index (κ1) is 10.3. The summed E-state index contributed by atoms with van der Waals surface area (Å²) < 4.78 is 0. The molecule has 0 N–H and O–H groups in total. The van der Waals surface area contributed by atoms with E-state index >= 15 is 0 Å². The normalized spacial score (nSPS) is 9.79. The summed E-state index contributed by atoms with van der Waals surface area (Å²) in [4.78, 5) is 13.0. The summed E-state index contributed by atoms with van der Waals surface area (Å²) in [6.07, 6.45) is 2.83. The van der Waals surface area contributed by atoms with Crippen molar-refractivity contribution >= 4 is 28.6 Å². The first-order valence-corrected chi connectivity index (χ1v) is 4.13. The second-order valence-electron chi connectivity index (χ2n) is 2.42. The smallest absolute Gasteiger partial charge is 0.245 e. The lowest BCUT2D eigenvalue weighted by Gasteiger charge is -1.92. The van der Waals surface area contributed by atoms with Gasteiger partial charge in [0.05, 0.1) is 0 Å². The van der Waals surface area contributed by atoms with Crippen molar-refractivity contribution in [3.63, 3.8) is 0 Å². The van der Waals surface area contributed by atoms with Crippen LogP contribution in [0.5, 0.6) is 0 Å². The van der Waals surface area contributed by atoms with E-state index in [4.69, 9.17) is 17.1 Å². The number of azide groups is 1. The predicted octanol–water partition coefficient (Wildman–Crippen LogP) is 3.41. The molecule has 1 aromatic rings. The van der Waals surface area contributed by atoms with Crippen LogP contribution in [0.3, 0.4) is 0 Å². The quantitative estimate of drug-likeness (QED) is 0.246. The molecule has 0 bridgehead atoms. The third kappa shape index (κ3) is 3.31. The molecule has 0 amide bonds. The molecule has 0 radical (unpaired) electrons. The van der Waals surface area contributed by atoms with Crippen molar-refractivity contribution in [1.29, 1.82) is 0 Å². The molecule has 0 aliphatic heterocycles. The van der Waals surface area contributed by atoms with Gasteiger partial charge in [-0.25, -0.2) is 0 Å². The van der Waals surface area contributed by atoms with Crippen LogP contribution < -0.4 is 0 Å². The predicted molar refractivity (Wildman–Crippen MR) is 55.1 cm³/mol. The SMILES string of the molecule is [N-]=[N+]=Nc1ccc(/C=C/C(=O)Cl)cc1. The molecule has 0 heterocycles. The number of rotatable bonds is 3. The molecule has 0 spiro atoms. The number of carbonyl (C=O) groups excluding carboxylic acids is 1. The maximum absolute atomic E-state index is 10.4. The van der Waals surface area contributed by atoms with Gasteiger partial charge in [-0.05, 0) is 28.8 Å². The molecule has 70 valence electrons. The van der Waals surface area contributed by atoms with Crippen molar-refractivity contribution in [2.24, 2.45) is 5.11 Å². The fourth-order valence-electron chi connectivity index (χ4n) is 0.865. The second kappa shape index (κ2) is 5.07. The van der Waals surface area contributed by atoms with Gasteiger partial charge in [-0.3, -0.25) is 4.79 Å². The first-order valence-electron chi connectivity index (χ1n) is 3.75. The van der Waals surface area contributed by atoms with Crippen LogP contribution in [-0.2, 0) is 4.79 Å². The number of nitrogens with zero attached hydrogens (tertiary/aromatic N) is 3. The molecule has 1 aromatic carbocycles. The average Bonchev–Trinajstić information content (AvgIpc) is 2.17. The van der Waals surface area contributed by atoms with Gasteiger partial charge in [-0.1, -0.05) is 35.5 Å². The van der Waals surface area contributed by atoms with Gasteiger partial charge in [0.1, 0.15) is 0 Å². The highest BCUT2D eigenvalue weighted by atomic mass is 35.5. The summed E-state index contributed by atoms with van der Waals surface area (Å²) in [6, 6.07) is 6.75. The lowest BCUT2D eigenvalue weighted by Crippen LogP contribution is -1.75. The lowest BCUT2D eigenvalue weighted by molar-refractivity contribution is -0.107. The molecule has 0 unspecified atom stereocenters. The van der Waals surface area contributed by atoms with Crippen molar-refractivity contribution in [2.45, 2.75) is 0 Å². The molecule has 0 fully saturated rings. The maximum atomic E-state index is 10.4. The van der Waals surface area contributed by atoms with Gasteiger partial charge < -0.3 is 0 Å². The monoisotopic (exact) mass is 207 g/mol. The van der Waals surface area contributed by atoms with Crippen LogP contribution in [-0.4, -0.2) is 5.24 Å².